The Morgan fingerprint density at radius 2 is 1.80 bits per heavy atom. The lowest BCUT2D eigenvalue weighted by molar-refractivity contribution is 0.284. The lowest BCUT2D eigenvalue weighted by atomic mass is 10.1. The van der Waals surface area contributed by atoms with E-state index in [1.54, 1.807) is 13.3 Å². The minimum absolute atomic E-state index is 0.749. The maximum absolute atomic E-state index is 5.88. The zero-order chi connectivity index (χ0) is 17.7. The van der Waals surface area contributed by atoms with Crippen LogP contribution in [0, 0.1) is 0 Å². The van der Waals surface area contributed by atoms with Gasteiger partial charge in [0, 0.05) is 25.5 Å². The lowest BCUT2D eigenvalue weighted by Gasteiger charge is -2.13. The molecule has 1 aromatic carbocycles. The first-order valence-electron chi connectivity index (χ1n) is 9.22. The van der Waals surface area contributed by atoms with Crippen LogP contribution in [0.4, 0.5) is 0 Å². The van der Waals surface area contributed by atoms with Crippen LogP contribution in [0.15, 0.2) is 42.7 Å². The third-order valence-electron chi connectivity index (χ3n) is 4.11. The van der Waals surface area contributed by atoms with Gasteiger partial charge in [-0.05, 0) is 35.7 Å². The highest BCUT2D eigenvalue weighted by atomic mass is 16.5. The Morgan fingerprint density at radius 1 is 0.960 bits per heavy atom. The van der Waals surface area contributed by atoms with Crippen LogP contribution < -0.4 is 14.8 Å². The highest BCUT2D eigenvalue weighted by molar-refractivity contribution is 5.43. The van der Waals surface area contributed by atoms with E-state index in [0.29, 0.717) is 0 Å². The van der Waals surface area contributed by atoms with E-state index in [2.05, 4.69) is 29.4 Å². The number of hydrogen-bond acceptors (Lipinski definition) is 4. The van der Waals surface area contributed by atoms with E-state index in [-0.39, 0.29) is 0 Å². The number of nitrogens with one attached hydrogen (secondary N) is 1. The third kappa shape index (κ3) is 7.14. The molecule has 4 nitrogen and oxygen atoms in total. The van der Waals surface area contributed by atoms with Crippen molar-refractivity contribution in [2.24, 2.45) is 0 Å². The summed E-state index contributed by atoms with van der Waals surface area (Å²) in [5.41, 5.74) is 2.36. The molecule has 0 amide bonds. The summed E-state index contributed by atoms with van der Waals surface area (Å²) >= 11 is 0. The molecule has 0 atom stereocenters. The third-order valence-corrected chi connectivity index (χ3v) is 4.11. The molecule has 0 radical (unpaired) electrons. The normalized spacial score (nSPS) is 10.6. The molecule has 1 heterocycles. The lowest BCUT2D eigenvalue weighted by Crippen LogP contribution is -2.13. The summed E-state index contributed by atoms with van der Waals surface area (Å²) < 4.78 is 11.4. The van der Waals surface area contributed by atoms with Crippen molar-refractivity contribution in [2.45, 2.75) is 52.1 Å². The van der Waals surface area contributed by atoms with Crippen LogP contribution >= 0.6 is 0 Å². The fourth-order valence-corrected chi connectivity index (χ4v) is 2.68. The van der Waals surface area contributed by atoms with Crippen molar-refractivity contribution in [3.63, 3.8) is 0 Å². The fraction of sp³-hybridized carbons (Fsp3) is 0.476. The summed E-state index contributed by atoms with van der Waals surface area (Å²) in [7, 11) is 1.69. The van der Waals surface area contributed by atoms with Crippen LogP contribution in [-0.4, -0.2) is 18.7 Å². The molecule has 2 aromatic rings. The van der Waals surface area contributed by atoms with Gasteiger partial charge in [0.2, 0.25) is 0 Å². The van der Waals surface area contributed by atoms with Gasteiger partial charge in [0.15, 0.2) is 11.5 Å². The SMILES string of the molecule is CCCCCCCOc1ccc(CNCc2cccnc2)cc1OC. The van der Waals surface area contributed by atoms with E-state index in [9.17, 15) is 0 Å². The molecule has 1 aromatic heterocycles. The molecule has 0 aliphatic rings. The van der Waals surface area contributed by atoms with Gasteiger partial charge in [-0.25, -0.2) is 0 Å². The molecule has 0 saturated carbocycles. The van der Waals surface area contributed by atoms with Gasteiger partial charge in [0.25, 0.3) is 0 Å². The maximum atomic E-state index is 5.88. The topological polar surface area (TPSA) is 43.4 Å². The number of unbranched alkanes of at least 4 members (excludes halogenated alkanes) is 4. The molecular weight excluding hydrogens is 312 g/mol. The van der Waals surface area contributed by atoms with Crippen molar-refractivity contribution in [3.8, 4) is 11.5 Å². The van der Waals surface area contributed by atoms with Crippen molar-refractivity contribution in [1.29, 1.82) is 0 Å². The molecule has 0 aliphatic carbocycles. The zero-order valence-corrected chi connectivity index (χ0v) is 15.5. The van der Waals surface area contributed by atoms with Gasteiger partial charge in [-0.3, -0.25) is 4.98 Å². The Balaban J connectivity index is 1.77. The predicted octanol–water partition coefficient (Wildman–Crippen LogP) is 4.73. The van der Waals surface area contributed by atoms with E-state index in [4.69, 9.17) is 9.47 Å². The molecule has 0 spiro atoms. The van der Waals surface area contributed by atoms with Crippen LogP contribution in [0.5, 0.6) is 11.5 Å². The summed E-state index contributed by atoms with van der Waals surface area (Å²) in [5, 5.41) is 3.42. The van der Waals surface area contributed by atoms with Gasteiger partial charge in [-0.1, -0.05) is 44.7 Å². The summed E-state index contributed by atoms with van der Waals surface area (Å²) in [6.07, 6.45) is 9.86. The summed E-state index contributed by atoms with van der Waals surface area (Å²) in [4.78, 5) is 4.12. The highest BCUT2D eigenvalue weighted by Crippen LogP contribution is 2.28. The van der Waals surface area contributed by atoms with Gasteiger partial charge in [0.05, 0.1) is 13.7 Å². The summed E-state index contributed by atoms with van der Waals surface area (Å²) in [6, 6.07) is 10.2. The highest BCUT2D eigenvalue weighted by Gasteiger charge is 2.06. The molecule has 0 saturated heterocycles. The average molecular weight is 342 g/mol. The smallest absolute Gasteiger partial charge is 0.161 e. The number of aromatic nitrogens is 1. The molecule has 0 unspecified atom stereocenters. The van der Waals surface area contributed by atoms with Gasteiger partial charge < -0.3 is 14.8 Å². The molecular formula is C21H30N2O2. The number of benzene rings is 1. The Kier molecular flexibility index (Phi) is 8.84. The van der Waals surface area contributed by atoms with Crippen molar-refractivity contribution >= 4 is 0 Å². The predicted molar refractivity (Wildman–Crippen MR) is 102 cm³/mol. The van der Waals surface area contributed by atoms with E-state index in [0.717, 1.165) is 37.6 Å². The molecule has 0 bridgehead atoms. The van der Waals surface area contributed by atoms with Crippen molar-refractivity contribution in [2.75, 3.05) is 13.7 Å². The minimum Gasteiger partial charge on any atom is -0.493 e. The van der Waals surface area contributed by atoms with Crippen LogP contribution in [0.3, 0.4) is 0 Å². The van der Waals surface area contributed by atoms with Crippen molar-refractivity contribution < 1.29 is 9.47 Å². The number of hydrogen-bond donors (Lipinski definition) is 1. The van der Waals surface area contributed by atoms with Gasteiger partial charge in [-0.2, -0.15) is 0 Å². The number of rotatable bonds is 12. The first-order valence-corrected chi connectivity index (χ1v) is 9.22. The number of nitrogens with zero attached hydrogens (tertiary/aromatic N) is 1. The Morgan fingerprint density at radius 3 is 2.56 bits per heavy atom. The van der Waals surface area contributed by atoms with Crippen LogP contribution in [0.1, 0.15) is 50.2 Å². The van der Waals surface area contributed by atoms with Crippen LogP contribution in [-0.2, 0) is 13.1 Å². The van der Waals surface area contributed by atoms with E-state index < -0.39 is 0 Å². The monoisotopic (exact) mass is 342 g/mol. The first-order chi connectivity index (χ1) is 12.3. The molecule has 1 N–H and O–H groups in total. The molecule has 136 valence electrons. The molecule has 0 fully saturated rings. The number of pyridine rings is 1. The maximum Gasteiger partial charge on any atom is 0.161 e. The second-order valence-corrected chi connectivity index (χ2v) is 6.21. The second kappa shape index (κ2) is 11.5. The summed E-state index contributed by atoms with van der Waals surface area (Å²) in [6.45, 7) is 4.56. The number of methoxy groups -OCH3 is 1. The molecule has 0 aliphatic heterocycles. The minimum atomic E-state index is 0.749. The Labute approximate surface area is 151 Å². The van der Waals surface area contributed by atoms with Crippen molar-refractivity contribution in [3.05, 3.63) is 53.9 Å². The molecule has 2 rings (SSSR count). The van der Waals surface area contributed by atoms with Crippen LogP contribution in [0.25, 0.3) is 0 Å². The molecule has 4 heteroatoms. The Bertz CT molecular complexity index is 602. The fourth-order valence-electron chi connectivity index (χ4n) is 2.68. The quantitative estimate of drug-likeness (QED) is 0.566. The molecule has 25 heavy (non-hydrogen) atoms. The van der Waals surface area contributed by atoms with Gasteiger partial charge >= 0.3 is 0 Å². The summed E-state index contributed by atoms with van der Waals surface area (Å²) in [5.74, 6) is 1.63. The first kappa shape index (κ1) is 19.3. The number of ether oxygens (including phenoxy) is 2. The van der Waals surface area contributed by atoms with E-state index in [1.807, 2.05) is 24.4 Å². The van der Waals surface area contributed by atoms with Crippen molar-refractivity contribution in [1.82, 2.24) is 10.3 Å². The second-order valence-electron chi connectivity index (χ2n) is 6.21. The standard InChI is InChI=1S/C21H30N2O2/c1-3-4-5-6-7-13-25-20-11-10-18(14-21(20)24-2)15-23-17-19-9-8-12-22-16-19/h8-12,14,16,23H,3-7,13,15,17H2,1-2H3. The van der Waals surface area contributed by atoms with E-state index in [1.165, 1.54) is 36.8 Å². The zero-order valence-electron chi connectivity index (χ0n) is 15.5. The Hall–Kier alpha value is -2.07. The van der Waals surface area contributed by atoms with Gasteiger partial charge in [0.1, 0.15) is 0 Å². The van der Waals surface area contributed by atoms with Crippen LogP contribution in [0.2, 0.25) is 0 Å². The van der Waals surface area contributed by atoms with E-state index >= 15 is 0 Å². The van der Waals surface area contributed by atoms with Gasteiger partial charge in [-0.15, -0.1) is 0 Å². The average Bonchev–Trinajstić information content (AvgIpc) is 2.66. The largest absolute Gasteiger partial charge is 0.493 e.